The number of rotatable bonds is 9. The van der Waals surface area contributed by atoms with E-state index in [2.05, 4.69) is 23.5 Å². The summed E-state index contributed by atoms with van der Waals surface area (Å²) < 4.78 is 33.5. The van der Waals surface area contributed by atoms with Crippen molar-refractivity contribution in [2.24, 2.45) is 5.92 Å². The molecule has 1 N–H and O–H groups in total. The van der Waals surface area contributed by atoms with Crippen molar-refractivity contribution in [2.75, 3.05) is 32.8 Å². The highest BCUT2D eigenvalue weighted by molar-refractivity contribution is 7.89. The van der Waals surface area contributed by atoms with Gasteiger partial charge in [0, 0.05) is 31.2 Å². The van der Waals surface area contributed by atoms with Crippen LogP contribution in [0.2, 0.25) is 0 Å². The molecule has 26 heavy (non-hydrogen) atoms. The Morgan fingerprint density at radius 1 is 1.15 bits per heavy atom. The maximum Gasteiger partial charge on any atom is 0.240 e. The zero-order valence-electron chi connectivity index (χ0n) is 15.9. The molecular formula is C19H30N2O4S. The first-order chi connectivity index (χ1) is 12.4. The molecular weight excluding hydrogens is 352 g/mol. The number of carbonyl (C=O) groups is 1. The SMILES string of the molecule is CCC(CC)C(CNS(=O)(=O)c1ccc(C(C)=O)cc1)N1CCOCC1. The van der Waals surface area contributed by atoms with Gasteiger partial charge in [-0.3, -0.25) is 9.69 Å². The van der Waals surface area contributed by atoms with Crippen molar-refractivity contribution in [3.05, 3.63) is 29.8 Å². The molecule has 1 aliphatic heterocycles. The first-order valence-corrected chi connectivity index (χ1v) is 10.8. The fraction of sp³-hybridized carbons (Fsp3) is 0.632. The minimum absolute atomic E-state index is 0.0805. The molecule has 6 nitrogen and oxygen atoms in total. The van der Waals surface area contributed by atoms with Crippen molar-refractivity contribution in [1.82, 2.24) is 9.62 Å². The van der Waals surface area contributed by atoms with Gasteiger partial charge in [-0.15, -0.1) is 0 Å². The normalized spacial score (nSPS) is 17.4. The molecule has 1 aromatic carbocycles. The van der Waals surface area contributed by atoms with Crippen LogP contribution >= 0.6 is 0 Å². The summed E-state index contributed by atoms with van der Waals surface area (Å²) in [5, 5.41) is 0. The Morgan fingerprint density at radius 2 is 1.73 bits per heavy atom. The molecule has 1 saturated heterocycles. The summed E-state index contributed by atoms with van der Waals surface area (Å²) in [4.78, 5) is 13.9. The predicted octanol–water partition coefficient (Wildman–Crippen LogP) is 2.30. The van der Waals surface area contributed by atoms with Crippen LogP contribution in [0.3, 0.4) is 0 Å². The van der Waals surface area contributed by atoms with E-state index in [9.17, 15) is 13.2 Å². The van der Waals surface area contributed by atoms with Gasteiger partial charge in [-0.25, -0.2) is 13.1 Å². The van der Waals surface area contributed by atoms with Crippen LogP contribution in [0.1, 0.15) is 44.0 Å². The van der Waals surface area contributed by atoms with Crippen molar-refractivity contribution in [3.8, 4) is 0 Å². The Labute approximate surface area is 157 Å². The lowest BCUT2D eigenvalue weighted by molar-refractivity contribution is 0.00297. The number of carbonyl (C=O) groups excluding carboxylic acids is 1. The number of morpholine rings is 1. The first kappa shape index (κ1) is 21.0. The van der Waals surface area contributed by atoms with Crippen LogP contribution in [0.4, 0.5) is 0 Å². The average Bonchev–Trinajstić information content (AvgIpc) is 2.66. The number of sulfonamides is 1. The molecule has 1 heterocycles. The van der Waals surface area contributed by atoms with Gasteiger partial charge in [0.1, 0.15) is 0 Å². The smallest absolute Gasteiger partial charge is 0.240 e. The molecule has 0 radical (unpaired) electrons. The molecule has 146 valence electrons. The number of benzene rings is 1. The summed E-state index contributed by atoms with van der Waals surface area (Å²) in [6.45, 7) is 9.18. The van der Waals surface area contributed by atoms with Crippen LogP contribution in [0.15, 0.2) is 29.2 Å². The summed E-state index contributed by atoms with van der Waals surface area (Å²) in [6, 6.07) is 6.23. The summed E-state index contributed by atoms with van der Waals surface area (Å²) in [5.41, 5.74) is 0.507. The van der Waals surface area contributed by atoms with Gasteiger partial charge in [0.05, 0.1) is 18.1 Å². The van der Waals surface area contributed by atoms with Crippen LogP contribution in [0.5, 0.6) is 0 Å². The van der Waals surface area contributed by atoms with Gasteiger partial charge in [0.2, 0.25) is 10.0 Å². The first-order valence-electron chi connectivity index (χ1n) is 9.31. The van der Waals surface area contributed by atoms with E-state index in [0.29, 0.717) is 31.2 Å². The van der Waals surface area contributed by atoms with Crippen molar-refractivity contribution in [1.29, 1.82) is 0 Å². The number of nitrogens with zero attached hydrogens (tertiary/aromatic N) is 1. The van der Waals surface area contributed by atoms with Crippen molar-refractivity contribution >= 4 is 15.8 Å². The third-order valence-electron chi connectivity index (χ3n) is 5.16. The maximum absolute atomic E-state index is 12.7. The molecule has 2 rings (SSSR count). The second-order valence-electron chi connectivity index (χ2n) is 6.72. The molecule has 0 spiro atoms. The Morgan fingerprint density at radius 3 is 2.23 bits per heavy atom. The maximum atomic E-state index is 12.7. The van der Waals surface area contributed by atoms with E-state index in [0.717, 1.165) is 25.9 Å². The third kappa shape index (κ3) is 5.36. The van der Waals surface area contributed by atoms with Gasteiger partial charge in [-0.05, 0) is 25.0 Å². The lowest BCUT2D eigenvalue weighted by atomic mass is 9.92. The molecule has 0 saturated carbocycles. The summed E-state index contributed by atoms with van der Waals surface area (Å²) in [6.07, 6.45) is 2.01. The van der Waals surface area contributed by atoms with Gasteiger partial charge >= 0.3 is 0 Å². The number of nitrogens with one attached hydrogen (secondary N) is 1. The monoisotopic (exact) mass is 382 g/mol. The van der Waals surface area contributed by atoms with Crippen molar-refractivity contribution < 1.29 is 17.9 Å². The number of ether oxygens (including phenoxy) is 1. The van der Waals surface area contributed by atoms with Gasteiger partial charge < -0.3 is 4.74 Å². The third-order valence-corrected chi connectivity index (χ3v) is 6.60. The highest BCUT2D eigenvalue weighted by Gasteiger charge is 2.28. The Kier molecular flexibility index (Phi) is 7.76. The van der Waals surface area contributed by atoms with Crippen molar-refractivity contribution in [3.63, 3.8) is 0 Å². The van der Waals surface area contributed by atoms with Crippen LogP contribution in [-0.2, 0) is 14.8 Å². The Bertz CT molecular complexity index is 678. The molecule has 7 heteroatoms. The van der Waals surface area contributed by atoms with E-state index < -0.39 is 10.0 Å². The van der Waals surface area contributed by atoms with Crippen molar-refractivity contribution in [2.45, 2.75) is 44.6 Å². The van der Waals surface area contributed by atoms with E-state index in [4.69, 9.17) is 4.74 Å². The zero-order chi connectivity index (χ0) is 19.2. The average molecular weight is 383 g/mol. The minimum Gasteiger partial charge on any atom is -0.379 e. The molecule has 0 aromatic heterocycles. The second-order valence-corrected chi connectivity index (χ2v) is 8.49. The van der Waals surface area contributed by atoms with E-state index in [1.807, 2.05) is 0 Å². The molecule has 0 bridgehead atoms. The van der Waals surface area contributed by atoms with Crippen LogP contribution in [0.25, 0.3) is 0 Å². The molecule has 1 aromatic rings. The summed E-state index contributed by atoms with van der Waals surface area (Å²) in [7, 11) is -3.61. The molecule has 1 unspecified atom stereocenters. The second kappa shape index (κ2) is 9.60. The summed E-state index contributed by atoms with van der Waals surface area (Å²) >= 11 is 0. The molecule has 0 aliphatic carbocycles. The van der Waals surface area contributed by atoms with Gasteiger partial charge in [-0.2, -0.15) is 0 Å². The Balaban J connectivity index is 2.11. The lowest BCUT2D eigenvalue weighted by Gasteiger charge is -2.38. The molecule has 0 amide bonds. The highest BCUT2D eigenvalue weighted by Crippen LogP contribution is 2.20. The van der Waals surface area contributed by atoms with E-state index in [-0.39, 0.29) is 16.7 Å². The van der Waals surface area contributed by atoms with Crippen LogP contribution in [0, 0.1) is 5.92 Å². The fourth-order valence-corrected chi connectivity index (χ4v) is 4.53. The van der Waals surface area contributed by atoms with E-state index in [1.54, 1.807) is 12.1 Å². The standard InChI is InChI=1S/C19H30N2O4S/c1-4-16(5-2)19(21-10-12-25-13-11-21)14-20-26(23,24)18-8-6-17(7-9-18)15(3)22/h6-9,16,19-20H,4-5,10-14H2,1-3H3. The lowest BCUT2D eigenvalue weighted by Crippen LogP contribution is -2.52. The molecule has 1 fully saturated rings. The highest BCUT2D eigenvalue weighted by atomic mass is 32.2. The quantitative estimate of drug-likeness (QED) is 0.663. The van der Waals surface area contributed by atoms with Crippen LogP contribution < -0.4 is 4.72 Å². The van der Waals surface area contributed by atoms with E-state index in [1.165, 1.54) is 19.1 Å². The zero-order valence-corrected chi connectivity index (χ0v) is 16.7. The topological polar surface area (TPSA) is 75.7 Å². The minimum atomic E-state index is -3.61. The largest absolute Gasteiger partial charge is 0.379 e. The molecule has 1 aliphatic rings. The van der Waals surface area contributed by atoms with Gasteiger partial charge in [-0.1, -0.05) is 38.8 Å². The number of hydrogen-bond acceptors (Lipinski definition) is 5. The summed E-state index contributed by atoms with van der Waals surface area (Å²) in [5.74, 6) is 0.346. The number of hydrogen-bond donors (Lipinski definition) is 1. The van der Waals surface area contributed by atoms with Crippen LogP contribution in [-0.4, -0.2) is 58.0 Å². The fourth-order valence-electron chi connectivity index (χ4n) is 3.48. The number of ketones is 1. The molecule has 1 atom stereocenters. The van der Waals surface area contributed by atoms with E-state index >= 15 is 0 Å². The predicted molar refractivity (Wildman–Crippen MR) is 102 cm³/mol. The Hall–Kier alpha value is -1.28. The van der Waals surface area contributed by atoms with Gasteiger partial charge in [0.25, 0.3) is 0 Å². The van der Waals surface area contributed by atoms with Gasteiger partial charge in [0.15, 0.2) is 5.78 Å². The number of Topliss-reactive ketones (excluding diaryl/α,β-unsaturated/α-hetero) is 1.